The average molecular weight is 554 g/mol. The minimum atomic E-state index is -0.232. The summed E-state index contributed by atoms with van der Waals surface area (Å²) in [5, 5.41) is 15.7. The third-order valence-corrected chi connectivity index (χ3v) is 7.85. The lowest BCUT2D eigenvalue weighted by Gasteiger charge is -2.40. The second-order valence-electron chi connectivity index (χ2n) is 8.35. The lowest BCUT2D eigenvalue weighted by Crippen LogP contribution is -2.47. The molecule has 178 valence electrons. The Morgan fingerprint density at radius 2 is 1.74 bits per heavy atom. The number of rotatable bonds is 5. The molecule has 0 aliphatic carbocycles. The molecule has 1 fully saturated rings. The standard InChI is InChI=1S/C25H21BrFN5O2S/c26-17-5-3-16(4-6-17)21(31-13-11-30(12-14-31)19-9-7-18(27)8-10-19)22-24(33)32-25(35-22)28-23(29-32)20-2-1-15-34-20/h1-10,15,21,33H,11-14H2/t21-/m1/s1. The molecule has 10 heteroatoms. The molecule has 1 aliphatic rings. The van der Waals surface area contributed by atoms with Crippen LogP contribution in [0, 0.1) is 5.82 Å². The molecule has 0 amide bonds. The Hall–Kier alpha value is -3.21. The number of halogens is 2. The van der Waals surface area contributed by atoms with Crippen LogP contribution in [0.25, 0.3) is 16.5 Å². The molecule has 0 bridgehead atoms. The van der Waals surface area contributed by atoms with E-state index in [9.17, 15) is 9.50 Å². The molecule has 1 atom stereocenters. The first kappa shape index (κ1) is 22.3. The first-order valence-electron chi connectivity index (χ1n) is 11.2. The number of hydrogen-bond donors (Lipinski definition) is 1. The fourth-order valence-corrected chi connectivity index (χ4v) is 5.88. The van der Waals surface area contributed by atoms with Crippen LogP contribution >= 0.6 is 27.3 Å². The van der Waals surface area contributed by atoms with Gasteiger partial charge >= 0.3 is 0 Å². The maximum Gasteiger partial charge on any atom is 0.230 e. The summed E-state index contributed by atoms with van der Waals surface area (Å²) < 4.78 is 21.3. The molecule has 1 aliphatic heterocycles. The summed E-state index contributed by atoms with van der Waals surface area (Å²) in [5.74, 6) is 0.855. The van der Waals surface area contributed by atoms with Crippen LogP contribution in [0.1, 0.15) is 16.5 Å². The smallest absolute Gasteiger partial charge is 0.230 e. The number of piperazine rings is 1. The Bertz CT molecular complexity index is 1440. The van der Waals surface area contributed by atoms with Crippen LogP contribution in [0.3, 0.4) is 0 Å². The molecular formula is C25H21BrFN5O2S. The van der Waals surface area contributed by atoms with Crippen LogP contribution in [0.5, 0.6) is 5.88 Å². The van der Waals surface area contributed by atoms with Gasteiger partial charge in [0.2, 0.25) is 16.7 Å². The Morgan fingerprint density at radius 3 is 2.40 bits per heavy atom. The van der Waals surface area contributed by atoms with Crippen LogP contribution in [0.15, 0.2) is 75.8 Å². The van der Waals surface area contributed by atoms with Gasteiger partial charge in [-0.15, -0.1) is 5.10 Å². The zero-order chi connectivity index (χ0) is 23.9. The van der Waals surface area contributed by atoms with Crippen molar-refractivity contribution in [2.24, 2.45) is 0 Å². The number of thiazole rings is 1. The van der Waals surface area contributed by atoms with E-state index in [0.29, 0.717) is 16.5 Å². The lowest BCUT2D eigenvalue weighted by atomic mass is 10.0. The van der Waals surface area contributed by atoms with Crippen LogP contribution in [-0.4, -0.2) is 50.8 Å². The predicted molar refractivity (Wildman–Crippen MR) is 136 cm³/mol. The molecule has 35 heavy (non-hydrogen) atoms. The number of fused-ring (bicyclic) bond motifs is 1. The summed E-state index contributed by atoms with van der Waals surface area (Å²) in [6.45, 7) is 3.15. The van der Waals surface area contributed by atoms with Gasteiger partial charge in [-0.3, -0.25) is 4.90 Å². The van der Waals surface area contributed by atoms with Crippen molar-refractivity contribution in [3.05, 3.63) is 87.7 Å². The van der Waals surface area contributed by atoms with Crippen molar-refractivity contribution in [3.8, 4) is 17.5 Å². The highest BCUT2D eigenvalue weighted by Gasteiger charge is 2.32. The zero-order valence-corrected chi connectivity index (χ0v) is 20.9. The van der Waals surface area contributed by atoms with E-state index in [-0.39, 0.29) is 17.7 Å². The van der Waals surface area contributed by atoms with E-state index >= 15 is 0 Å². The minimum absolute atomic E-state index is 0.0872. The Labute approximate surface area is 213 Å². The molecular weight excluding hydrogens is 533 g/mol. The molecule has 0 unspecified atom stereocenters. The molecule has 0 spiro atoms. The molecule has 7 nitrogen and oxygen atoms in total. The summed E-state index contributed by atoms with van der Waals surface area (Å²) in [5.41, 5.74) is 2.09. The van der Waals surface area contributed by atoms with E-state index in [0.717, 1.165) is 46.8 Å². The van der Waals surface area contributed by atoms with Crippen molar-refractivity contribution in [2.75, 3.05) is 31.1 Å². The number of hydrogen-bond acceptors (Lipinski definition) is 7. The quantitative estimate of drug-likeness (QED) is 0.307. The molecule has 1 saturated heterocycles. The molecule has 4 heterocycles. The average Bonchev–Trinajstić information content (AvgIpc) is 3.61. The SMILES string of the molecule is Oc1c([C@@H](c2ccc(Br)cc2)N2CCN(c3ccc(F)cc3)CC2)sc2nc(-c3ccco3)nn12. The second-order valence-corrected chi connectivity index (χ2v) is 10.3. The number of benzene rings is 2. The maximum absolute atomic E-state index is 13.4. The minimum Gasteiger partial charge on any atom is -0.492 e. The van der Waals surface area contributed by atoms with Gasteiger partial charge in [0.1, 0.15) is 5.82 Å². The number of aromatic nitrogens is 3. The van der Waals surface area contributed by atoms with Crippen molar-refractivity contribution in [1.29, 1.82) is 0 Å². The van der Waals surface area contributed by atoms with Crippen LogP contribution < -0.4 is 4.90 Å². The summed E-state index contributed by atoms with van der Waals surface area (Å²) >= 11 is 4.95. The molecule has 2 aromatic carbocycles. The molecule has 5 aromatic rings. The van der Waals surface area contributed by atoms with Crippen molar-refractivity contribution in [3.63, 3.8) is 0 Å². The number of anilines is 1. The van der Waals surface area contributed by atoms with E-state index in [4.69, 9.17) is 4.42 Å². The Kier molecular flexibility index (Phi) is 5.79. The summed E-state index contributed by atoms with van der Waals surface area (Å²) in [4.78, 5) is 10.6. The molecule has 0 radical (unpaired) electrons. The summed E-state index contributed by atoms with van der Waals surface area (Å²) in [6, 6.07) is 18.2. The summed E-state index contributed by atoms with van der Waals surface area (Å²) in [6.07, 6.45) is 1.57. The van der Waals surface area contributed by atoms with Gasteiger partial charge in [0.25, 0.3) is 0 Å². The normalized spacial score (nSPS) is 15.7. The van der Waals surface area contributed by atoms with Crippen LogP contribution in [0.2, 0.25) is 0 Å². The molecule has 3 aromatic heterocycles. The molecule has 1 N–H and O–H groups in total. The van der Waals surface area contributed by atoms with E-state index in [1.165, 1.54) is 28.0 Å². The van der Waals surface area contributed by atoms with Crippen molar-refractivity contribution < 1.29 is 13.9 Å². The van der Waals surface area contributed by atoms with E-state index in [2.05, 4.69) is 47.9 Å². The predicted octanol–water partition coefficient (Wildman–Crippen LogP) is 5.57. The van der Waals surface area contributed by atoms with E-state index < -0.39 is 0 Å². The first-order chi connectivity index (χ1) is 17.1. The fraction of sp³-hybridized carbons (Fsp3) is 0.200. The maximum atomic E-state index is 13.4. The van der Waals surface area contributed by atoms with Gasteiger partial charge in [0.15, 0.2) is 5.76 Å². The van der Waals surface area contributed by atoms with E-state index in [1.807, 2.05) is 24.3 Å². The van der Waals surface area contributed by atoms with Crippen molar-refractivity contribution in [2.45, 2.75) is 6.04 Å². The van der Waals surface area contributed by atoms with Gasteiger partial charge in [-0.2, -0.15) is 9.50 Å². The van der Waals surface area contributed by atoms with Gasteiger partial charge in [0, 0.05) is 36.3 Å². The zero-order valence-electron chi connectivity index (χ0n) is 18.5. The van der Waals surface area contributed by atoms with Gasteiger partial charge < -0.3 is 14.4 Å². The number of furan rings is 1. The topological polar surface area (TPSA) is 70.0 Å². The second kappa shape index (κ2) is 9.10. The number of nitrogens with zero attached hydrogens (tertiary/aromatic N) is 5. The first-order valence-corrected chi connectivity index (χ1v) is 12.8. The van der Waals surface area contributed by atoms with E-state index in [1.54, 1.807) is 18.4 Å². The largest absolute Gasteiger partial charge is 0.492 e. The lowest BCUT2D eigenvalue weighted by molar-refractivity contribution is 0.211. The third-order valence-electron chi connectivity index (χ3n) is 6.25. The Morgan fingerprint density at radius 1 is 1.00 bits per heavy atom. The van der Waals surface area contributed by atoms with Gasteiger partial charge in [0.05, 0.1) is 17.2 Å². The Balaban J connectivity index is 1.33. The fourth-order valence-electron chi connectivity index (χ4n) is 4.50. The van der Waals surface area contributed by atoms with Gasteiger partial charge in [-0.1, -0.05) is 39.4 Å². The van der Waals surface area contributed by atoms with Gasteiger partial charge in [-0.25, -0.2) is 4.39 Å². The third kappa shape index (κ3) is 4.22. The van der Waals surface area contributed by atoms with Crippen molar-refractivity contribution >= 4 is 37.9 Å². The van der Waals surface area contributed by atoms with Crippen LogP contribution in [0.4, 0.5) is 10.1 Å². The van der Waals surface area contributed by atoms with Gasteiger partial charge in [-0.05, 0) is 54.1 Å². The number of aromatic hydroxyl groups is 1. The highest BCUT2D eigenvalue weighted by atomic mass is 79.9. The molecule has 0 saturated carbocycles. The highest BCUT2D eigenvalue weighted by Crippen LogP contribution is 2.41. The summed E-state index contributed by atoms with van der Waals surface area (Å²) in [7, 11) is 0. The van der Waals surface area contributed by atoms with Crippen molar-refractivity contribution in [1.82, 2.24) is 19.5 Å². The highest BCUT2D eigenvalue weighted by molar-refractivity contribution is 9.10. The monoisotopic (exact) mass is 553 g/mol. The van der Waals surface area contributed by atoms with Crippen LogP contribution in [-0.2, 0) is 0 Å². The molecule has 6 rings (SSSR count).